The first-order chi connectivity index (χ1) is 8.20. The molecule has 17 heavy (non-hydrogen) atoms. The van der Waals surface area contributed by atoms with Crippen LogP contribution in [0.4, 0.5) is 0 Å². The molecule has 4 nitrogen and oxygen atoms in total. The second kappa shape index (κ2) is 5.35. The maximum atomic E-state index is 5.58. The van der Waals surface area contributed by atoms with Gasteiger partial charge in [0.2, 0.25) is 0 Å². The Bertz CT molecular complexity index is 481. The zero-order valence-corrected chi connectivity index (χ0v) is 10.8. The fraction of sp³-hybridized carbons (Fsp3) is 0.333. The molecule has 2 aromatic rings. The van der Waals surface area contributed by atoms with Crippen LogP contribution in [0.25, 0.3) is 0 Å². The fourth-order valence-corrected chi connectivity index (χ4v) is 2.30. The summed E-state index contributed by atoms with van der Waals surface area (Å²) in [5.74, 6) is 5.58. The van der Waals surface area contributed by atoms with Crippen LogP contribution in [0.2, 0.25) is 0 Å². The highest BCUT2D eigenvalue weighted by Gasteiger charge is 2.13. The van der Waals surface area contributed by atoms with Crippen molar-refractivity contribution in [3.63, 3.8) is 0 Å². The summed E-state index contributed by atoms with van der Waals surface area (Å²) in [4.78, 5) is 1.06. The van der Waals surface area contributed by atoms with Gasteiger partial charge >= 0.3 is 0 Å². The van der Waals surface area contributed by atoms with Crippen LogP contribution in [-0.2, 0) is 6.42 Å². The third kappa shape index (κ3) is 2.88. The second-order valence-electron chi connectivity index (χ2n) is 4.16. The predicted molar refractivity (Wildman–Crippen MR) is 69.6 cm³/mol. The van der Waals surface area contributed by atoms with E-state index < -0.39 is 0 Å². The maximum Gasteiger partial charge on any atom is 0.0670 e. The number of aryl methyl sites for hydroxylation is 2. The molecule has 0 spiro atoms. The normalized spacial score (nSPS) is 12.6. The van der Waals surface area contributed by atoms with Crippen LogP contribution in [0, 0.1) is 13.8 Å². The first-order valence-electron chi connectivity index (χ1n) is 5.50. The van der Waals surface area contributed by atoms with E-state index in [1.807, 2.05) is 0 Å². The van der Waals surface area contributed by atoms with Gasteiger partial charge in [0, 0.05) is 0 Å². The van der Waals surface area contributed by atoms with E-state index in [2.05, 4.69) is 47.1 Å². The van der Waals surface area contributed by atoms with Crippen molar-refractivity contribution in [3.05, 3.63) is 46.0 Å². The molecule has 0 bridgehead atoms. The zero-order chi connectivity index (χ0) is 12.3. The Morgan fingerprint density at radius 2 is 2.18 bits per heavy atom. The molecule has 0 saturated heterocycles. The van der Waals surface area contributed by atoms with Crippen LogP contribution >= 0.6 is 11.5 Å². The van der Waals surface area contributed by atoms with Gasteiger partial charge in [0.25, 0.3) is 0 Å². The molecule has 2 rings (SSSR count). The lowest BCUT2D eigenvalue weighted by molar-refractivity contribution is 0.559. The van der Waals surface area contributed by atoms with Crippen LogP contribution in [0.3, 0.4) is 0 Å². The van der Waals surface area contributed by atoms with Crippen molar-refractivity contribution in [2.24, 2.45) is 5.84 Å². The molecule has 1 atom stereocenters. The Kier molecular flexibility index (Phi) is 3.83. The van der Waals surface area contributed by atoms with Crippen molar-refractivity contribution in [1.29, 1.82) is 0 Å². The van der Waals surface area contributed by atoms with Crippen LogP contribution < -0.4 is 11.3 Å². The molecule has 0 saturated carbocycles. The minimum absolute atomic E-state index is 0.0807. The molecule has 0 fully saturated rings. The number of nitrogens with two attached hydrogens (primary N) is 1. The monoisotopic (exact) mass is 248 g/mol. The molecule has 1 unspecified atom stereocenters. The summed E-state index contributed by atoms with van der Waals surface area (Å²) < 4.78 is 3.86. The summed E-state index contributed by atoms with van der Waals surface area (Å²) in [6.45, 7) is 4.24. The average Bonchev–Trinajstić information content (AvgIpc) is 2.84. The van der Waals surface area contributed by atoms with Gasteiger partial charge < -0.3 is 0 Å². The second-order valence-corrected chi connectivity index (χ2v) is 4.98. The highest BCUT2D eigenvalue weighted by atomic mass is 32.1. The van der Waals surface area contributed by atoms with Crippen LogP contribution in [0.5, 0.6) is 0 Å². The molecule has 0 amide bonds. The predicted octanol–water partition coefficient (Wildman–Crippen LogP) is 1.90. The SMILES string of the molecule is Cc1ccc(CC(NN)c2cnns2)cc1C. The third-order valence-corrected chi connectivity index (χ3v) is 3.71. The van der Waals surface area contributed by atoms with Gasteiger partial charge in [-0.25, -0.2) is 0 Å². The number of nitrogens with zero attached hydrogens (tertiary/aromatic N) is 2. The third-order valence-electron chi connectivity index (χ3n) is 2.93. The zero-order valence-electron chi connectivity index (χ0n) is 9.97. The Balaban J connectivity index is 2.16. The Morgan fingerprint density at radius 1 is 1.35 bits per heavy atom. The highest BCUT2D eigenvalue weighted by molar-refractivity contribution is 7.05. The van der Waals surface area contributed by atoms with Crippen LogP contribution in [0.1, 0.15) is 27.6 Å². The number of aromatic nitrogens is 2. The molecule has 90 valence electrons. The highest BCUT2D eigenvalue weighted by Crippen LogP contribution is 2.20. The van der Waals surface area contributed by atoms with Crippen molar-refractivity contribution < 1.29 is 0 Å². The molecular weight excluding hydrogens is 232 g/mol. The smallest absolute Gasteiger partial charge is 0.0670 e. The number of benzene rings is 1. The lowest BCUT2D eigenvalue weighted by atomic mass is 10.0. The van der Waals surface area contributed by atoms with E-state index in [1.54, 1.807) is 6.20 Å². The van der Waals surface area contributed by atoms with E-state index in [9.17, 15) is 0 Å². The average molecular weight is 248 g/mol. The van der Waals surface area contributed by atoms with Gasteiger partial charge in [-0.3, -0.25) is 11.3 Å². The molecule has 0 aliphatic carbocycles. The van der Waals surface area contributed by atoms with E-state index in [4.69, 9.17) is 5.84 Å². The van der Waals surface area contributed by atoms with E-state index in [-0.39, 0.29) is 6.04 Å². The largest absolute Gasteiger partial charge is 0.271 e. The minimum Gasteiger partial charge on any atom is -0.271 e. The number of rotatable bonds is 4. The van der Waals surface area contributed by atoms with Gasteiger partial charge in [0.1, 0.15) is 0 Å². The number of hydrazine groups is 1. The first-order valence-corrected chi connectivity index (χ1v) is 6.27. The van der Waals surface area contributed by atoms with E-state index in [0.717, 1.165) is 11.3 Å². The van der Waals surface area contributed by atoms with Gasteiger partial charge in [0.15, 0.2) is 0 Å². The standard InChI is InChI=1S/C12H16N4S/c1-8-3-4-10(5-9(8)2)6-11(15-13)12-7-14-16-17-12/h3-5,7,11,15H,6,13H2,1-2H3. The summed E-state index contributed by atoms with van der Waals surface area (Å²) >= 11 is 1.38. The topological polar surface area (TPSA) is 63.8 Å². The molecule has 1 aromatic carbocycles. The molecular formula is C12H16N4S. The minimum atomic E-state index is 0.0807. The van der Waals surface area contributed by atoms with E-state index in [0.29, 0.717) is 0 Å². The molecule has 1 heterocycles. The summed E-state index contributed by atoms with van der Waals surface area (Å²) in [7, 11) is 0. The summed E-state index contributed by atoms with van der Waals surface area (Å²) in [5, 5.41) is 3.84. The molecule has 0 aliphatic heterocycles. The van der Waals surface area contributed by atoms with Crippen LogP contribution in [-0.4, -0.2) is 9.59 Å². The van der Waals surface area contributed by atoms with Gasteiger partial charge in [-0.05, 0) is 48.5 Å². The molecule has 1 aromatic heterocycles. The lowest BCUT2D eigenvalue weighted by Gasteiger charge is -2.14. The molecule has 3 N–H and O–H groups in total. The molecule has 0 aliphatic rings. The van der Waals surface area contributed by atoms with Crippen LogP contribution in [0.15, 0.2) is 24.4 Å². The lowest BCUT2D eigenvalue weighted by Crippen LogP contribution is -2.29. The van der Waals surface area contributed by atoms with Crippen molar-refractivity contribution in [2.45, 2.75) is 26.3 Å². The quantitative estimate of drug-likeness (QED) is 0.641. The number of hydrogen-bond donors (Lipinski definition) is 2. The van der Waals surface area contributed by atoms with Gasteiger partial charge in [-0.1, -0.05) is 22.7 Å². The van der Waals surface area contributed by atoms with Crippen molar-refractivity contribution in [2.75, 3.05) is 0 Å². The molecule has 0 radical (unpaired) electrons. The van der Waals surface area contributed by atoms with Crippen molar-refractivity contribution in [3.8, 4) is 0 Å². The fourth-order valence-electron chi connectivity index (χ4n) is 1.74. The van der Waals surface area contributed by atoms with Gasteiger partial charge in [0.05, 0.1) is 17.1 Å². The summed E-state index contributed by atoms with van der Waals surface area (Å²) in [5.41, 5.74) is 6.70. The number of nitrogens with one attached hydrogen (secondary N) is 1. The summed E-state index contributed by atoms with van der Waals surface area (Å²) in [6.07, 6.45) is 2.61. The Morgan fingerprint density at radius 3 is 2.76 bits per heavy atom. The van der Waals surface area contributed by atoms with Gasteiger partial charge in [-0.15, -0.1) is 5.10 Å². The Hall–Kier alpha value is -1.30. The Labute approximate surface area is 105 Å². The van der Waals surface area contributed by atoms with Gasteiger partial charge in [-0.2, -0.15) is 0 Å². The first kappa shape index (κ1) is 12.2. The molecule has 5 heteroatoms. The summed E-state index contributed by atoms with van der Waals surface area (Å²) in [6, 6.07) is 6.57. The van der Waals surface area contributed by atoms with E-state index in [1.165, 1.54) is 28.2 Å². The number of hydrogen-bond acceptors (Lipinski definition) is 5. The van der Waals surface area contributed by atoms with Crippen molar-refractivity contribution >= 4 is 11.5 Å². The maximum absolute atomic E-state index is 5.58. The van der Waals surface area contributed by atoms with Crippen molar-refractivity contribution in [1.82, 2.24) is 15.0 Å². The van der Waals surface area contributed by atoms with E-state index >= 15 is 0 Å².